The summed E-state index contributed by atoms with van der Waals surface area (Å²) in [5, 5.41) is 19.2. The molecule has 6 nitrogen and oxygen atoms in total. The highest BCUT2D eigenvalue weighted by Gasteiger charge is 2.38. The number of halogens is 1. The van der Waals surface area contributed by atoms with Crippen molar-refractivity contribution in [1.29, 1.82) is 0 Å². The number of fused-ring (bicyclic) bond motifs is 1. The van der Waals surface area contributed by atoms with Gasteiger partial charge in [0, 0.05) is 28.8 Å². The molecule has 0 radical (unpaired) electrons. The van der Waals surface area contributed by atoms with Crippen molar-refractivity contribution in [2.75, 3.05) is 10.6 Å². The Labute approximate surface area is 190 Å². The highest BCUT2D eigenvalue weighted by Crippen LogP contribution is 2.46. The Morgan fingerprint density at radius 1 is 0.875 bits per heavy atom. The third-order valence-electron chi connectivity index (χ3n) is 6.10. The van der Waals surface area contributed by atoms with Gasteiger partial charge in [0.15, 0.2) is 5.78 Å². The average molecular weight is 446 g/mol. The van der Waals surface area contributed by atoms with Gasteiger partial charge in [0.05, 0.1) is 27.9 Å². The maximum Gasteiger partial charge on any atom is 0.275 e. The number of para-hydroxylation sites is 3. The number of hydrogen-bond acceptors (Lipinski definition) is 5. The Kier molecular flexibility index (Phi) is 5.15. The van der Waals surface area contributed by atoms with E-state index >= 15 is 0 Å². The summed E-state index contributed by atoms with van der Waals surface area (Å²) in [6, 6.07) is 21.1. The predicted molar refractivity (Wildman–Crippen MR) is 125 cm³/mol. The molecule has 0 bridgehead atoms. The van der Waals surface area contributed by atoms with Crippen molar-refractivity contribution < 1.29 is 9.72 Å². The Bertz CT molecular complexity index is 1270. The number of Topliss-reactive ketones (excluding diaryl/α,β-unsaturated/α-hetero) is 1. The van der Waals surface area contributed by atoms with Gasteiger partial charge >= 0.3 is 0 Å². The van der Waals surface area contributed by atoms with Crippen LogP contribution < -0.4 is 10.6 Å². The first-order chi connectivity index (χ1) is 15.5. The van der Waals surface area contributed by atoms with Crippen molar-refractivity contribution in [3.63, 3.8) is 0 Å². The molecule has 2 unspecified atom stereocenters. The number of benzene rings is 3. The maximum absolute atomic E-state index is 13.5. The summed E-state index contributed by atoms with van der Waals surface area (Å²) in [4.78, 5) is 24.9. The number of ketones is 1. The van der Waals surface area contributed by atoms with Gasteiger partial charge in [0.2, 0.25) is 0 Å². The second-order valence-electron chi connectivity index (χ2n) is 8.01. The van der Waals surface area contributed by atoms with Crippen LogP contribution in [0.3, 0.4) is 0 Å². The molecule has 5 rings (SSSR count). The number of anilines is 2. The van der Waals surface area contributed by atoms with E-state index in [1.807, 2.05) is 48.5 Å². The first kappa shape index (κ1) is 20.3. The molecular weight excluding hydrogens is 426 g/mol. The summed E-state index contributed by atoms with van der Waals surface area (Å²) >= 11 is 6.44. The molecule has 3 aromatic rings. The van der Waals surface area contributed by atoms with E-state index in [2.05, 4.69) is 10.6 Å². The van der Waals surface area contributed by atoms with E-state index in [1.54, 1.807) is 18.2 Å². The Hall–Kier alpha value is -3.64. The second-order valence-corrected chi connectivity index (χ2v) is 8.41. The molecule has 2 N–H and O–H groups in total. The molecule has 2 atom stereocenters. The molecule has 160 valence electrons. The standard InChI is InChI=1S/C25H20ClN3O3/c26-18-9-3-1-7-16(18)15-13-21-24(23(30)14-15)25(17-8-2-6-12-22(17)29(31)32)28-20-11-5-4-10-19(20)27-21/h1-12,15,25,27-28H,13-14H2. The normalized spacial score (nSPS) is 19.8. The lowest BCUT2D eigenvalue weighted by Crippen LogP contribution is -2.27. The molecule has 7 heteroatoms. The quantitative estimate of drug-likeness (QED) is 0.369. The van der Waals surface area contributed by atoms with Gasteiger partial charge in [-0.3, -0.25) is 14.9 Å². The van der Waals surface area contributed by atoms with Gasteiger partial charge in [-0.05, 0) is 42.2 Å². The first-order valence-electron chi connectivity index (χ1n) is 10.4. The zero-order valence-electron chi connectivity index (χ0n) is 17.0. The summed E-state index contributed by atoms with van der Waals surface area (Å²) in [5.41, 5.74) is 4.31. The van der Waals surface area contributed by atoms with E-state index < -0.39 is 11.0 Å². The Morgan fingerprint density at radius 3 is 2.28 bits per heavy atom. The minimum atomic E-state index is -0.637. The third kappa shape index (κ3) is 3.52. The van der Waals surface area contributed by atoms with Crippen molar-refractivity contribution in [2.45, 2.75) is 24.8 Å². The van der Waals surface area contributed by atoms with Crippen LogP contribution in [-0.2, 0) is 4.79 Å². The molecule has 1 heterocycles. The van der Waals surface area contributed by atoms with Crippen LogP contribution in [0.5, 0.6) is 0 Å². The van der Waals surface area contributed by atoms with Crippen molar-refractivity contribution in [3.05, 3.63) is 110 Å². The van der Waals surface area contributed by atoms with Gasteiger partial charge in [0.1, 0.15) is 0 Å². The van der Waals surface area contributed by atoms with Gasteiger partial charge in [-0.2, -0.15) is 0 Å². The molecule has 0 aromatic heterocycles. The van der Waals surface area contributed by atoms with E-state index in [0.717, 1.165) is 22.6 Å². The van der Waals surface area contributed by atoms with Crippen LogP contribution in [-0.4, -0.2) is 10.7 Å². The van der Waals surface area contributed by atoms with Crippen molar-refractivity contribution in [1.82, 2.24) is 0 Å². The molecular formula is C25H20ClN3O3. The highest BCUT2D eigenvalue weighted by molar-refractivity contribution is 6.31. The zero-order chi connectivity index (χ0) is 22.2. The smallest absolute Gasteiger partial charge is 0.275 e. The molecule has 3 aromatic carbocycles. The molecule has 1 aliphatic carbocycles. The van der Waals surface area contributed by atoms with Crippen LogP contribution in [0.2, 0.25) is 5.02 Å². The van der Waals surface area contributed by atoms with E-state index in [-0.39, 0.29) is 17.4 Å². The SMILES string of the molecule is O=C1CC(c2ccccc2Cl)CC2=C1C(c1ccccc1[N+](=O)[O-])Nc1ccccc1N2. The predicted octanol–water partition coefficient (Wildman–Crippen LogP) is 6.23. The summed E-state index contributed by atoms with van der Waals surface area (Å²) in [6.07, 6.45) is 0.872. The van der Waals surface area contributed by atoms with E-state index in [9.17, 15) is 14.9 Å². The fourth-order valence-electron chi connectivity index (χ4n) is 4.65. The average Bonchev–Trinajstić information content (AvgIpc) is 2.96. The number of nitrogens with zero attached hydrogens (tertiary/aromatic N) is 1. The number of nitro benzene ring substituents is 1. The Morgan fingerprint density at radius 2 is 1.53 bits per heavy atom. The second kappa shape index (κ2) is 8.13. The fourth-order valence-corrected chi connectivity index (χ4v) is 4.94. The maximum atomic E-state index is 13.5. The molecule has 0 amide bonds. The number of nitro groups is 1. The lowest BCUT2D eigenvalue weighted by atomic mass is 9.78. The summed E-state index contributed by atoms with van der Waals surface area (Å²) in [6.45, 7) is 0. The summed E-state index contributed by atoms with van der Waals surface area (Å²) < 4.78 is 0. The van der Waals surface area contributed by atoms with Crippen LogP contribution in [0, 0.1) is 10.1 Å². The van der Waals surface area contributed by atoms with Crippen LogP contribution in [0.25, 0.3) is 0 Å². The van der Waals surface area contributed by atoms with Gasteiger partial charge in [-0.15, -0.1) is 0 Å². The Balaban J connectivity index is 1.66. The largest absolute Gasteiger partial charge is 0.372 e. The highest BCUT2D eigenvalue weighted by atomic mass is 35.5. The number of carbonyl (C=O) groups excluding carboxylic acids is 1. The molecule has 0 saturated carbocycles. The topological polar surface area (TPSA) is 84.3 Å². The van der Waals surface area contributed by atoms with E-state index in [1.165, 1.54) is 6.07 Å². The number of carbonyl (C=O) groups is 1. The van der Waals surface area contributed by atoms with Crippen LogP contribution in [0.15, 0.2) is 84.1 Å². The number of nitrogens with one attached hydrogen (secondary N) is 2. The monoisotopic (exact) mass is 445 g/mol. The van der Waals surface area contributed by atoms with Crippen molar-refractivity contribution in [2.24, 2.45) is 0 Å². The minimum Gasteiger partial charge on any atom is -0.372 e. The van der Waals surface area contributed by atoms with Gasteiger partial charge in [-0.25, -0.2) is 0 Å². The van der Waals surface area contributed by atoms with Gasteiger partial charge in [-0.1, -0.05) is 54.1 Å². The number of allylic oxidation sites excluding steroid dienone is 1. The van der Waals surface area contributed by atoms with Gasteiger partial charge < -0.3 is 10.6 Å². The lowest BCUT2D eigenvalue weighted by molar-refractivity contribution is -0.385. The fraction of sp³-hybridized carbons (Fsp3) is 0.160. The lowest BCUT2D eigenvalue weighted by Gasteiger charge is -2.30. The molecule has 0 saturated heterocycles. The first-order valence-corrected chi connectivity index (χ1v) is 10.8. The van der Waals surface area contributed by atoms with Crippen LogP contribution in [0.1, 0.15) is 35.9 Å². The van der Waals surface area contributed by atoms with Crippen LogP contribution in [0.4, 0.5) is 17.1 Å². The minimum absolute atomic E-state index is 0.0164. The third-order valence-corrected chi connectivity index (χ3v) is 6.44. The molecule has 0 fully saturated rings. The molecule has 2 aliphatic rings. The number of rotatable bonds is 3. The molecule has 32 heavy (non-hydrogen) atoms. The van der Waals surface area contributed by atoms with Crippen LogP contribution >= 0.6 is 11.6 Å². The zero-order valence-corrected chi connectivity index (χ0v) is 17.8. The number of hydrogen-bond donors (Lipinski definition) is 2. The van der Waals surface area contributed by atoms with Gasteiger partial charge in [0.25, 0.3) is 5.69 Å². The van der Waals surface area contributed by atoms with Crippen molar-refractivity contribution >= 4 is 34.4 Å². The van der Waals surface area contributed by atoms with E-state index in [4.69, 9.17) is 11.6 Å². The molecule has 1 aliphatic heterocycles. The van der Waals surface area contributed by atoms with E-state index in [0.29, 0.717) is 29.0 Å². The van der Waals surface area contributed by atoms with Crippen molar-refractivity contribution in [3.8, 4) is 0 Å². The summed E-state index contributed by atoms with van der Waals surface area (Å²) in [5.74, 6) is -0.119. The summed E-state index contributed by atoms with van der Waals surface area (Å²) in [7, 11) is 0. The molecule has 0 spiro atoms.